The SMILES string of the molecule is Cc1cc(-c2cnn3c(NCC4CCOCC4)cc(NC(C(C)C)C(C)(C)O)nc23)ccc1C(=O)NC1CC1. The number of nitrogens with one attached hydrogen (secondary N) is 3. The second-order valence-electron chi connectivity index (χ2n) is 12.1. The smallest absolute Gasteiger partial charge is 0.251 e. The van der Waals surface area contributed by atoms with Crippen LogP contribution >= 0.6 is 0 Å². The van der Waals surface area contributed by atoms with Gasteiger partial charge in [0.15, 0.2) is 5.65 Å². The molecule has 1 atom stereocenters. The Kier molecular flexibility index (Phi) is 7.82. The van der Waals surface area contributed by atoms with Crippen molar-refractivity contribution in [2.45, 2.75) is 78.0 Å². The molecule has 1 saturated carbocycles. The molecule has 1 unspecified atom stereocenters. The minimum atomic E-state index is -0.936. The highest BCUT2D eigenvalue weighted by Gasteiger charge is 2.30. The van der Waals surface area contributed by atoms with Gasteiger partial charge in [0.05, 0.1) is 17.8 Å². The number of ether oxygens (including phenoxy) is 1. The van der Waals surface area contributed by atoms with Crippen LogP contribution in [0.25, 0.3) is 16.8 Å². The van der Waals surface area contributed by atoms with E-state index in [-0.39, 0.29) is 17.9 Å². The maximum Gasteiger partial charge on any atom is 0.251 e. The highest BCUT2D eigenvalue weighted by molar-refractivity contribution is 5.97. The monoisotopic (exact) mass is 534 g/mol. The first kappa shape index (κ1) is 27.4. The summed E-state index contributed by atoms with van der Waals surface area (Å²) in [6.45, 7) is 12.2. The van der Waals surface area contributed by atoms with Crippen LogP contribution in [0.2, 0.25) is 0 Å². The lowest BCUT2D eigenvalue weighted by Crippen LogP contribution is -2.45. The van der Waals surface area contributed by atoms with Crippen LogP contribution in [0, 0.1) is 18.8 Å². The van der Waals surface area contributed by atoms with Crippen LogP contribution in [-0.4, -0.2) is 63.1 Å². The van der Waals surface area contributed by atoms with E-state index in [1.807, 2.05) is 55.7 Å². The van der Waals surface area contributed by atoms with Gasteiger partial charge >= 0.3 is 0 Å². The third-order valence-electron chi connectivity index (χ3n) is 7.81. The number of carbonyl (C=O) groups excluding carboxylic acids is 1. The van der Waals surface area contributed by atoms with Crippen LogP contribution in [0.3, 0.4) is 0 Å². The second-order valence-corrected chi connectivity index (χ2v) is 12.1. The number of rotatable bonds is 10. The quantitative estimate of drug-likeness (QED) is 0.300. The fourth-order valence-corrected chi connectivity index (χ4v) is 5.46. The average molecular weight is 535 g/mol. The number of aryl methyl sites for hydroxylation is 1. The molecule has 2 aromatic heterocycles. The summed E-state index contributed by atoms with van der Waals surface area (Å²) < 4.78 is 7.38. The van der Waals surface area contributed by atoms with Crippen molar-refractivity contribution < 1.29 is 14.6 Å². The van der Waals surface area contributed by atoms with Crippen LogP contribution in [0.15, 0.2) is 30.5 Å². The molecular formula is C30H42N6O3. The fraction of sp³-hybridized carbons (Fsp3) is 0.567. The first-order chi connectivity index (χ1) is 18.6. The molecule has 1 aromatic carbocycles. The molecule has 39 heavy (non-hydrogen) atoms. The molecule has 1 saturated heterocycles. The molecule has 1 aliphatic carbocycles. The lowest BCUT2D eigenvalue weighted by molar-refractivity contribution is 0.0440. The minimum Gasteiger partial charge on any atom is -0.388 e. The highest BCUT2D eigenvalue weighted by atomic mass is 16.5. The topological polar surface area (TPSA) is 113 Å². The molecule has 9 heteroatoms. The Balaban J connectivity index is 1.50. The number of nitrogens with zero attached hydrogens (tertiary/aromatic N) is 3. The van der Waals surface area contributed by atoms with Crippen LogP contribution in [0.5, 0.6) is 0 Å². The molecule has 9 nitrogen and oxygen atoms in total. The number of aliphatic hydroxyl groups is 1. The van der Waals surface area contributed by atoms with Gasteiger partial charge in [-0.25, -0.2) is 4.98 Å². The number of anilines is 2. The van der Waals surface area contributed by atoms with Gasteiger partial charge in [0.2, 0.25) is 0 Å². The summed E-state index contributed by atoms with van der Waals surface area (Å²) in [6, 6.07) is 7.98. The Bertz CT molecular complexity index is 1320. The molecule has 210 valence electrons. The second kappa shape index (κ2) is 11.1. The predicted molar refractivity (Wildman–Crippen MR) is 154 cm³/mol. The van der Waals surface area contributed by atoms with E-state index in [2.05, 4.69) is 29.8 Å². The normalized spacial score (nSPS) is 17.4. The first-order valence-corrected chi connectivity index (χ1v) is 14.2. The summed E-state index contributed by atoms with van der Waals surface area (Å²) in [6.07, 6.45) is 6.02. The summed E-state index contributed by atoms with van der Waals surface area (Å²) in [5, 5.41) is 25.7. The third-order valence-corrected chi connectivity index (χ3v) is 7.81. The number of hydrogen-bond donors (Lipinski definition) is 4. The number of benzene rings is 1. The lowest BCUT2D eigenvalue weighted by Gasteiger charge is -2.33. The number of carbonyl (C=O) groups is 1. The van der Waals surface area contributed by atoms with Gasteiger partial charge in [0.1, 0.15) is 11.6 Å². The summed E-state index contributed by atoms with van der Waals surface area (Å²) in [5.41, 5.74) is 3.22. The molecule has 2 aliphatic rings. The maximum atomic E-state index is 12.7. The van der Waals surface area contributed by atoms with Gasteiger partial charge in [-0.15, -0.1) is 0 Å². The van der Waals surface area contributed by atoms with Gasteiger partial charge in [-0.3, -0.25) is 4.79 Å². The number of fused-ring (bicyclic) bond motifs is 1. The summed E-state index contributed by atoms with van der Waals surface area (Å²) >= 11 is 0. The maximum absolute atomic E-state index is 12.7. The Morgan fingerprint density at radius 3 is 2.56 bits per heavy atom. The van der Waals surface area contributed by atoms with Crippen molar-refractivity contribution in [2.75, 3.05) is 30.4 Å². The minimum absolute atomic E-state index is 0.0167. The molecule has 5 rings (SSSR count). The number of amides is 1. The summed E-state index contributed by atoms with van der Waals surface area (Å²) in [5.74, 6) is 2.22. The Labute approximate surface area is 230 Å². The van der Waals surface area contributed by atoms with E-state index in [9.17, 15) is 9.90 Å². The van der Waals surface area contributed by atoms with E-state index in [1.54, 1.807) is 0 Å². The van der Waals surface area contributed by atoms with Gasteiger partial charge in [0, 0.05) is 43.0 Å². The van der Waals surface area contributed by atoms with E-state index in [0.29, 0.717) is 29.0 Å². The van der Waals surface area contributed by atoms with Crippen molar-refractivity contribution in [3.63, 3.8) is 0 Å². The first-order valence-electron chi connectivity index (χ1n) is 14.2. The fourth-order valence-electron chi connectivity index (χ4n) is 5.46. The third kappa shape index (κ3) is 6.36. The van der Waals surface area contributed by atoms with Gasteiger partial charge < -0.3 is 25.8 Å². The van der Waals surface area contributed by atoms with Crippen LogP contribution in [0.4, 0.5) is 11.6 Å². The zero-order valence-electron chi connectivity index (χ0n) is 23.8. The summed E-state index contributed by atoms with van der Waals surface area (Å²) in [7, 11) is 0. The van der Waals surface area contributed by atoms with Gasteiger partial charge in [-0.05, 0) is 75.5 Å². The lowest BCUT2D eigenvalue weighted by atomic mass is 9.89. The zero-order chi connectivity index (χ0) is 27.7. The molecule has 2 fully saturated rings. The number of hydrogen-bond acceptors (Lipinski definition) is 7. The molecule has 1 aliphatic heterocycles. The van der Waals surface area contributed by atoms with Crippen molar-refractivity contribution >= 4 is 23.2 Å². The van der Waals surface area contributed by atoms with E-state index in [4.69, 9.17) is 14.8 Å². The van der Waals surface area contributed by atoms with Crippen molar-refractivity contribution in [1.82, 2.24) is 19.9 Å². The van der Waals surface area contributed by atoms with E-state index >= 15 is 0 Å². The largest absolute Gasteiger partial charge is 0.388 e. The van der Waals surface area contributed by atoms with E-state index in [1.165, 1.54) is 0 Å². The number of aromatic nitrogens is 3. The van der Waals surface area contributed by atoms with Crippen LogP contribution in [0.1, 0.15) is 69.3 Å². The van der Waals surface area contributed by atoms with E-state index in [0.717, 1.165) is 68.0 Å². The molecular weight excluding hydrogens is 492 g/mol. The zero-order valence-corrected chi connectivity index (χ0v) is 23.8. The molecule has 0 spiro atoms. The Hall–Kier alpha value is -3.17. The standard InChI is InChI=1S/C30H42N6O3/c1-18(2)27(30(4,5)38)34-25-15-26(31-16-20-10-12-39-13-11-20)36-28(35-25)24(17-32-36)21-6-9-23(19(3)14-21)29(37)33-22-7-8-22/h6,9,14-15,17-18,20,22,27,31,38H,7-8,10-13,16H2,1-5H3,(H,33,37)(H,34,35). The summed E-state index contributed by atoms with van der Waals surface area (Å²) in [4.78, 5) is 17.6. The van der Waals surface area contributed by atoms with Crippen molar-refractivity contribution in [3.05, 3.63) is 41.6 Å². The highest BCUT2D eigenvalue weighted by Crippen LogP contribution is 2.31. The van der Waals surface area contributed by atoms with Gasteiger partial charge in [-0.1, -0.05) is 26.0 Å². The van der Waals surface area contributed by atoms with Crippen molar-refractivity contribution in [2.24, 2.45) is 11.8 Å². The molecule has 4 N–H and O–H groups in total. The van der Waals surface area contributed by atoms with Crippen LogP contribution < -0.4 is 16.0 Å². The Morgan fingerprint density at radius 1 is 1.18 bits per heavy atom. The van der Waals surface area contributed by atoms with Crippen molar-refractivity contribution in [3.8, 4) is 11.1 Å². The predicted octanol–water partition coefficient (Wildman–Crippen LogP) is 4.64. The van der Waals surface area contributed by atoms with Gasteiger partial charge in [-0.2, -0.15) is 9.61 Å². The van der Waals surface area contributed by atoms with Crippen LogP contribution in [-0.2, 0) is 4.74 Å². The Morgan fingerprint density at radius 2 is 1.92 bits per heavy atom. The molecule has 0 radical (unpaired) electrons. The molecule has 3 aromatic rings. The molecule has 3 heterocycles. The molecule has 0 bridgehead atoms. The van der Waals surface area contributed by atoms with Gasteiger partial charge in [0.25, 0.3) is 5.91 Å². The van der Waals surface area contributed by atoms with E-state index < -0.39 is 5.60 Å². The van der Waals surface area contributed by atoms with Crippen molar-refractivity contribution in [1.29, 1.82) is 0 Å². The molecule has 1 amide bonds. The average Bonchev–Trinajstić information content (AvgIpc) is 3.60.